The molecular formula is C22H23N2NdO-. The van der Waals surface area contributed by atoms with Crippen molar-refractivity contribution >= 4 is 10.9 Å². The van der Waals surface area contributed by atoms with E-state index in [9.17, 15) is 0 Å². The Bertz CT molecular complexity index is 845. The Morgan fingerprint density at radius 2 is 1.88 bits per heavy atom. The molecule has 0 saturated carbocycles. The molecule has 3 nitrogen and oxygen atoms in total. The zero-order chi connectivity index (χ0) is 17.1. The largest absolute Gasteiger partial charge is 0.490 e. The van der Waals surface area contributed by atoms with Crippen LogP contribution in [0, 0.1) is 53.8 Å². The SMILES string of the molecule is Cc1cc(OC2CCN(Cc3[c-]cccc3)CC2)c2ccccc2n1.[Nd]. The van der Waals surface area contributed by atoms with Gasteiger partial charge in [-0.25, -0.2) is 0 Å². The zero-order valence-corrected chi connectivity index (χ0v) is 18.3. The first-order chi connectivity index (χ1) is 12.3. The summed E-state index contributed by atoms with van der Waals surface area (Å²) in [4.78, 5) is 7.08. The van der Waals surface area contributed by atoms with Gasteiger partial charge < -0.3 is 9.64 Å². The third-order valence-electron chi connectivity index (χ3n) is 4.80. The molecule has 1 fully saturated rings. The first kappa shape index (κ1) is 19.7. The summed E-state index contributed by atoms with van der Waals surface area (Å²) in [6, 6.07) is 21.8. The van der Waals surface area contributed by atoms with E-state index in [1.165, 1.54) is 5.56 Å². The molecule has 0 amide bonds. The Balaban J connectivity index is 0.00000196. The van der Waals surface area contributed by atoms with Crippen LogP contribution in [0.2, 0.25) is 0 Å². The van der Waals surface area contributed by atoms with Crippen molar-refractivity contribution in [3.63, 3.8) is 0 Å². The molecule has 0 N–H and O–H groups in total. The van der Waals surface area contributed by atoms with Crippen LogP contribution in [-0.2, 0) is 6.54 Å². The molecule has 2 heterocycles. The van der Waals surface area contributed by atoms with Crippen LogP contribution in [0.3, 0.4) is 0 Å². The first-order valence-corrected chi connectivity index (χ1v) is 8.99. The number of hydrogen-bond donors (Lipinski definition) is 0. The van der Waals surface area contributed by atoms with Crippen molar-refractivity contribution in [2.24, 2.45) is 0 Å². The van der Waals surface area contributed by atoms with Crippen molar-refractivity contribution in [1.29, 1.82) is 0 Å². The number of ether oxygens (including phenoxy) is 1. The van der Waals surface area contributed by atoms with Crippen LogP contribution >= 0.6 is 0 Å². The fourth-order valence-corrected chi connectivity index (χ4v) is 3.50. The normalized spacial score (nSPS) is 15.6. The van der Waals surface area contributed by atoms with Crippen LogP contribution in [0.5, 0.6) is 5.75 Å². The predicted molar refractivity (Wildman–Crippen MR) is 101 cm³/mol. The summed E-state index contributed by atoms with van der Waals surface area (Å²) in [5.41, 5.74) is 3.28. The molecule has 132 valence electrons. The van der Waals surface area contributed by atoms with Gasteiger partial charge in [0.25, 0.3) is 0 Å². The summed E-state index contributed by atoms with van der Waals surface area (Å²) in [5.74, 6) is 0.970. The molecule has 4 heteroatoms. The molecule has 26 heavy (non-hydrogen) atoms. The van der Waals surface area contributed by atoms with Gasteiger partial charge in [-0.05, 0) is 31.9 Å². The van der Waals surface area contributed by atoms with Crippen molar-refractivity contribution in [3.05, 3.63) is 71.9 Å². The van der Waals surface area contributed by atoms with Gasteiger partial charge in [-0.1, -0.05) is 12.1 Å². The predicted octanol–water partition coefficient (Wildman–Crippen LogP) is 4.39. The van der Waals surface area contributed by atoms with E-state index < -0.39 is 0 Å². The maximum atomic E-state index is 6.37. The second kappa shape index (κ2) is 9.25. The minimum absolute atomic E-state index is 0. The smallest absolute Gasteiger partial charge is 0.130 e. The first-order valence-electron chi connectivity index (χ1n) is 8.99. The third-order valence-corrected chi connectivity index (χ3v) is 4.80. The van der Waals surface area contributed by atoms with Crippen molar-refractivity contribution in [1.82, 2.24) is 9.88 Å². The molecular weight excluding hydrogens is 452 g/mol. The molecule has 1 aliphatic rings. The number of aryl methyl sites for hydroxylation is 1. The van der Waals surface area contributed by atoms with Gasteiger partial charge in [0.15, 0.2) is 0 Å². The number of benzene rings is 2. The average Bonchev–Trinajstić information content (AvgIpc) is 2.64. The molecule has 1 aromatic heterocycles. The minimum atomic E-state index is 0. The fourth-order valence-electron chi connectivity index (χ4n) is 3.50. The number of fused-ring (bicyclic) bond motifs is 1. The van der Waals surface area contributed by atoms with Gasteiger partial charge in [0.2, 0.25) is 0 Å². The Kier molecular flexibility index (Phi) is 7.01. The summed E-state index contributed by atoms with van der Waals surface area (Å²) in [6.07, 6.45) is 2.40. The average molecular weight is 476 g/mol. The van der Waals surface area contributed by atoms with Gasteiger partial charge in [-0.15, -0.1) is 5.56 Å². The Labute approximate surface area is 188 Å². The number of piperidine rings is 1. The van der Waals surface area contributed by atoms with Crippen LogP contribution in [0.4, 0.5) is 0 Å². The van der Waals surface area contributed by atoms with Gasteiger partial charge in [-0.3, -0.25) is 4.98 Å². The molecule has 0 bridgehead atoms. The van der Waals surface area contributed by atoms with Crippen LogP contribution in [-0.4, -0.2) is 29.1 Å². The number of para-hydroxylation sites is 1. The number of likely N-dealkylation sites (tertiary alicyclic amines) is 1. The molecule has 0 unspecified atom stereocenters. The monoisotopic (exact) mass is 473 g/mol. The number of pyridine rings is 1. The molecule has 0 radical (unpaired) electrons. The van der Waals surface area contributed by atoms with Crippen molar-refractivity contribution in [3.8, 4) is 5.75 Å². The summed E-state index contributed by atoms with van der Waals surface area (Å²) in [6.45, 7) is 5.13. The number of hydrogen-bond acceptors (Lipinski definition) is 3. The zero-order valence-electron chi connectivity index (χ0n) is 15.1. The third kappa shape index (κ3) is 4.81. The Morgan fingerprint density at radius 3 is 2.65 bits per heavy atom. The molecule has 0 spiro atoms. The second-order valence-corrected chi connectivity index (χ2v) is 6.76. The molecule has 3 aromatic rings. The maximum absolute atomic E-state index is 6.37. The Hall–Kier alpha value is -1.04. The van der Waals surface area contributed by atoms with Crippen LogP contribution in [0.1, 0.15) is 24.1 Å². The quantitative estimate of drug-likeness (QED) is 0.524. The molecule has 1 saturated heterocycles. The van der Waals surface area contributed by atoms with Crippen molar-refractivity contribution in [2.45, 2.75) is 32.4 Å². The summed E-state index contributed by atoms with van der Waals surface area (Å²) < 4.78 is 6.37. The molecule has 0 atom stereocenters. The number of aromatic nitrogens is 1. The molecule has 4 rings (SSSR count). The van der Waals surface area contributed by atoms with Gasteiger partial charge in [0.05, 0.1) is 5.52 Å². The molecule has 0 aliphatic carbocycles. The van der Waals surface area contributed by atoms with Gasteiger partial charge in [-0.2, -0.15) is 30.3 Å². The maximum Gasteiger partial charge on any atom is 0.130 e. The van der Waals surface area contributed by atoms with E-state index in [1.807, 2.05) is 37.3 Å². The Morgan fingerprint density at radius 1 is 1.12 bits per heavy atom. The van der Waals surface area contributed by atoms with E-state index >= 15 is 0 Å². The summed E-state index contributed by atoms with van der Waals surface area (Å²) in [7, 11) is 0. The van der Waals surface area contributed by atoms with E-state index in [2.05, 4.69) is 40.2 Å². The van der Waals surface area contributed by atoms with E-state index in [0.29, 0.717) is 0 Å². The summed E-state index contributed by atoms with van der Waals surface area (Å²) in [5, 5.41) is 1.11. The topological polar surface area (TPSA) is 25.4 Å². The molecule has 2 aromatic carbocycles. The standard InChI is InChI=1S/C22H23N2O.Nd/c1-17-15-22(20-9-5-6-10-21(20)23-17)25-19-11-13-24(14-12-19)16-18-7-3-2-4-8-18;/h2-7,9-10,15,19H,11-14,16H2,1H3;/q-1;. The number of nitrogens with zero attached hydrogens (tertiary/aromatic N) is 2. The fraction of sp³-hybridized carbons (Fsp3) is 0.318. The number of rotatable bonds is 4. The minimum Gasteiger partial charge on any atom is -0.490 e. The second-order valence-electron chi connectivity index (χ2n) is 6.76. The van der Waals surface area contributed by atoms with Crippen LogP contribution in [0.15, 0.2) is 54.6 Å². The van der Waals surface area contributed by atoms with Crippen LogP contribution < -0.4 is 4.74 Å². The van der Waals surface area contributed by atoms with Gasteiger partial charge in [0, 0.05) is 77.6 Å². The van der Waals surface area contributed by atoms with E-state index in [1.54, 1.807) is 0 Å². The van der Waals surface area contributed by atoms with E-state index in [4.69, 9.17) is 4.74 Å². The van der Waals surface area contributed by atoms with E-state index in [-0.39, 0.29) is 46.9 Å². The van der Waals surface area contributed by atoms with Crippen molar-refractivity contribution in [2.75, 3.05) is 13.1 Å². The van der Waals surface area contributed by atoms with E-state index in [0.717, 1.165) is 54.8 Å². The van der Waals surface area contributed by atoms with Crippen LogP contribution in [0.25, 0.3) is 10.9 Å². The van der Waals surface area contributed by atoms with Crippen molar-refractivity contribution < 1.29 is 45.6 Å². The summed E-state index contributed by atoms with van der Waals surface area (Å²) >= 11 is 0. The van der Waals surface area contributed by atoms with Gasteiger partial charge >= 0.3 is 0 Å². The van der Waals surface area contributed by atoms with Gasteiger partial charge in [0.1, 0.15) is 11.9 Å². The molecule has 1 aliphatic heterocycles.